The summed E-state index contributed by atoms with van der Waals surface area (Å²) in [4.78, 5) is 17.4. The van der Waals surface area contributed by atoms with Crippen LogP contribution in [0.3, 0.4) is 0 Å². The smallest absolute Gasteiger partial charge is 0.259 e. The lowest BCUT2D eigenvalue weighted by atomic mass is 10.0. The molecule has 0 atom stereocenters. The zero-order valence-electron chi connectivity index (χ0n) is 17.0. The molecule has 150 valence electrons. The standard InChI is InChI=1S/C23H19FN4O2/c1-12-5-6-14(10-19(12)24)16-11-18-17-9-15(21-25-13(2)26-30-21)7-8-20(17)27(3)22(18)28(4)23(16)29/h5-11H,1-4H3. The summed E-state index contributed by atoms with van der Waals surface area (Å²) in [6.07, 6.45) is 0. The van der Waals surface area contributed by atoms with Crippen LogP contribution in [0, 0.1) is 19.7 Å². The average Bonchev–Trinajstić information content (AvgIpc) is 3.28. The van der Waals surface area contributed by atoms with Crippen LogP contribution in [0.5, 0.6) is 0 Å². The molecule has 3 heterocycles. The predicted molar refractivity (Wildman–Crippen MR) is 114 cm³/mol. The van der Waals surface area contributed by atoms with E-state index in [4.69, 9.17) is 4.52 Å². The zero-order valence-corrected chi connectivity index (χ0v) is 17.0. The Hall–Kier alpha value is -3.74. The third-order valence-electron chi connectivity index (χ3n) is 5.61. The Balaban J connectivity index is 1.84. The number of pyridine rings is 1. The first kappa shape index (κ1) is 18.3. The van der Waals surface area contributed by atoms with Crippen molar-refractivity contribution in [1.29, 1.82) is 0 Å². The molecule has 0 aliphatic carbocycles. The molecule has 0 amide bonds. The fourth-order valence-corrected chi connectivity index (χ4v) is 4.00. The molecule has 0 aliphatic rings. The lowest BCUT2D eigenvalue weighted by Crippen LogP contribution is -2.20. The molecule has 0 fully saturated rings. The van der Waals surface area contributed by atoms with E-state index in [2.05, 4.69) is 10.1 Å². The summed E-state index contributed by atoms with van der Waals surface area (Å²) in [7, 11) is 3.66. The molecule has 5 rings (SSSR count). The maximum Gasteiger partial charge on any atom is 0.259 e. The number of nitrogens with zero attached hydrogens (tertiary/aromatic N) is 4. The van der Waals surface area contributed by atoms with Crippen molar-refractivity contribution in [1.82, 2.24) is 19.3 Å². The van der Waals surface area contributed by atoms with Crippen LogP contribution in [0.4, 0.5) is 4.39 Å². The topological polar surface area (TPSA) is 65.8 Å². The molecule has 0 unspecified atom stereocenters. The molecular formula is C23H19FN4O2. The van der Waals surface area contributed by atoms with Crippen LogP contribution in [-0.4, -0.2) is 19.3 Å². The summed E-state index contributed by atoms with van der Waals surface area (Å²) in [5.74, 6) is 0.674. The number of aromatic nitrogens is 4. The van der Waals surface area contributed by atoms with E-state index in [0.29, 0.717) is 28.4 Å². The van der Waals surface area contributed by atoms with E-state index in [0.717, 1.165) is 27.5 Å². The van der Waals surface area contributed by atoms with Crippen LogP contribution in [0.1, 0.15) is 11.4 Å². The molecule has 0 spiro atoms. The van der Waals surface area contributed by atoms with Crippen molar-refractivity contribution in [2.24, 2.45) is 14.1 Å². The highest BCUT2D eigenvalue weighted by Crippen LogP contribution is 2.33. The van der Waals surface area contributed by atoms with Crippen molar-refractivity contribution in [3.63, 3.8) is 0 Å². The van der Waals surface area contributed by atoms with E-state index in [1.807, 2.05) is 35.9 Å². The third kappa shape index (κ3) is 2.58. The molecule has 0 bridgehead atoms. The Morgan fingerprint density at radius 1 is 0.933 bits per heavy atom. The summed E-state index contributed by atoms with van der Waals surface area (Å²) in [6.45, 7) is 3.47. The van der Waals surface area contributed by atoms with E-state index >= 15 is 0 Å². The van der Waals surface area contributed by atoms with Gasteiger partial charge in [-0.15, -0.1) is 0 Å². The maximum absolute atomic E-state index is 14.2. The second-order valence-corrected chi connectivity index (χ2v) is 7.56. The van der Waals surface area contributed by atoms with Crippen molar-refractivity contribution >= 4 is 21.9 Å². The summed E-state index contributed by atoms with van der Waals surface area (Å²) in [5.41, 5.74) is 3.92. The lowest BCUT2D eigenvalue weighted by Gasteiger charge is -2.09. The Labute approximate surface area is 171 Å². The first-order chi connectivity index (χ1) is 14.3. The SMILES string of the molecule is Cc1noc(-c2ccc3c(c2)c2cc(-c4ccc(C)c(F)c4)c(=O)n(C)c2n3C)n1. The second kappa shape index (κ2) is 6.38. The number of halogens is 1. The number of aryl methyl sites for hydroxylation is 4. The molecule has 2 aromatic carbocycles. The highest BCUT2D eigenvalue weighted by molar-refractivity contribution is 6.09. The van der Waals surface area contributed by atoms with Crippen LogP contribution in [-0.2, 0) is 14.1 Å². The van der Waals surface area contributed by atoms with Gasteiger partial charge in [-0.05, 0) is 55.3 Å². The number of hydrogen-bond donors (Lipinski definition) is 0. The fraction of sp³-hybridized carbons (Fsp3) is 0.174. The van der Waals surface area contributed by atoms with Crippen molar-refractivity contribution in [3.8, 4) is 22.6 Å². The van der Waals surface area contributed by atoms with Gasteiger partial charge < -0.3 is 9.09 Å². The average molecular weight is 402 g/mol. The van der Waals surface area contributed by atoms with Gasteiger partial charge in [-0.1, -0.05) is 17.3 Å². The predicted octanol–water partition coefficient (Wildman–Crippen LogP) is 4.50. The maximum atomic E-state index is 14.2. The van der Waals surface area contributed by atoms with E-state index in [-0.39, 0.29) is 11.4 Å². The van der Waals surface area contributed by atoms with Crippen LogP contribution in [0.2, 0.25) is 0 Å². The molecule has 3 aromatic heterocycles. The fourth-order valence-electron chi connectivity index (χ4n) is 4.00. The van der Waals surface area contributed by atoms with Gasteiger partial charge in [0.1, 0.15) is 11.5 Å². The Kier molecular flexibility index (Phi) is 3.89. The first-order valence-corrected chi connectivity index (χ1v) is 9.54. The van der Waals surface area contributed by atoms with Crippen LogP contribution < -0.4 is 5.56 Å². The van der Waals surface area contributed by atoms with E-state index in [1.54, 1.807) is 37.6 Å². The summed E-state index contributed by atoms with van der Waals surface area (Å²) in [6, 6.07) is 12.6. The number of benzene rings is 2. The highest BCUT2D eigenvalue weighted by Gasteiger charge is 2.18. The zero-order chi connectivity index (χ0) is 21.2. The molecule has 0 saturated heterocycles. The van der Waals surface area contributed by atoms with Gasteiger partial charge >= 0.3 is 0 Å². The molecular weight excluding hydrogens is 383 g/mol. The van der Waals surface area contributed by atoms with Gasteiger partial charge in [0, 0.05) is 36.0 Å². The van der Waals surface area contributed by atoms with Crippen molar-refractivity contribution in [2.75, 3.05) is 0 Å². The second-order valence-electron chi connectivity index (χ2n) is 7.56. The summed E-state index contributed by atoms with van der Waals surface area (Å²) in [5, 5.41) is 5.70. The quantitative estimate of drug-likeness (QED) is 0.436. The minimum atomic E-state index is -0.332. The van der Waals surface area contributed by atoms with Gasteiger partial charge in [-0.25, -0.2) is 4.39 Å². The number of hydrogen-bond acceptors (Lipinski definition) is 4. The minimum absolute atomic E-state index is 0.176. The number of rotatable bonds is 2. The normalized spacial score (nSPS) is 11.6. The minimum Gasteiger partial charge on any atom is -0.334 e. The van der Waals surface area contributed by atoms with Crippen molar-refractivity contribution in [2.45, 2.75) is 13.8 Å². The van der Waals surface area contributed by atoms with Crippen LogP contribution in [0.15, 0.2) is 51.8 Å². The monoisotopic (exact) mass is 402 g/mol. The van der Waals surface area contributed by atoms with E-state index < -0.39 is 0 Å². The highest BCUT2D eigenvalue weighted by atomic mass is 19.1. The molecule has 5 aromatic rings. The summed E-state index contributed by atoms with van der Waals surface area (Å²) < 4.78 is 23.1. The molecule has 6 nitrogen and oxygen atoms in total. The molecule has 0 radical (unpaired) electrons. The Bertz CT molecular complexity index is 1520. The van der Waals surface area contributed by atoms with Crippen LogP contribution in [0.25, 0.3) is 44.5 Å². The molecule has 30 heavy (non-hydrogen) atoms. The number of fused-ring (bicyclic) bond motifs is 3. The van der Waals surface area contributed by atoms with Crippen molar-refractivity contribution < 1.29 is 8.91 Å². The molecule has 7 heteroatoms. The molecule has 0 saturated carbocycles. The van der Waals surface area contributed by atoms with Gasteiger partial charge in [0.15, 0.2) is 5.82 Å². The molecule has 0 N–H and O–H groups in total. The van der Waals surface area contributed by atoms with E-state index in [1.165, 1.54) is 6.07 Å². The summed E-state index contributed by atoms with van der Waals surface area (Å²) >= 11 is 0. The first-order valence-electron chi connectivity index (χ1n) is 9.54. The molecule has 0 aliphatic heterocycles. The van der Waals surface area contributed by atoms with Gasteiger partial charge in [0.05, 0.1) is 5.52 Å². The van der Waals surface area contributed by atoms with Gasteiger partial charge in [-0.3, -0.25) is 9.36 Å². The largest absolute Gasteiger partial charge is 0.334 e. The van der Waals surface area contributed by atoms with Crippen molar-refractivity contribution in [3.05, 3.63) is 70.0 Å². The van der Waals surface area contributed by atoms with Crippen LogP contribution >= 0.6 is 0 Å². The van der Waals surface area contributed by atoms with Gasteiger partial charge in [0.2, 0.25) is 0 Å². The van der Waals surface area contributed by atoms with Gasteiger partial charge in [0.25, 0.3) is 11.4 Å². The lowest BCUT2D eigenvalue weighted by molar-refractivity contribution is 0.425. The third-order valence-corrected chi connectivity index (χ3v) is 5.61. The van der Waals surface area contributed by atoms with Gasteiger partial charge in [-0.2, -0.15) is 4.98 Å². The van der Waals surface area contributed by atoms with E-state index in [9.17, 15) is 9.18 Å². The Morgan fingerprint density at radius 2 is 1.70 bits per heavy atom. The Morgan fingerprint density at radius 3 is 2.40 bits per heavy atom.